The van der Waals surface area contributed by atoms with Crippen LogP contribution >= 0.6 is 0 Å². The minimum Gasteiger partial charge on any atom is -0.342 e. The second kappa shape index (κ2) is 15.5. The summed E-state index contributed by atoms with van der Waals surface area (Å²) in [7, 11) is 1.73. The highest BCUT2D eigenvalue weighted by molar-refractivity contribution is 6.08. The summed E-state index contributed by atoms with van der Waals surface area (Å²) >= 11 is 0. The van der Waals surface area contributed by atoms with Crippen molar-refractivity contribution in [3.63, 3.8) is 0 Å². The van der Waals surface area contributed by atoms with Crippen molar-refractivity contribution in [3.05, 3.63) is 71.8 Å². The maximum Gasteiger partial charge on any atom is 0.327 e. The number of carbonyl (C=O) groups is 5. The number of carbonyl (C=O) groups excluding carboxylic acids is 5. The topological polar surface area (TPSA) is 126 Å². The Balaban J connectivity index is 0.000000179. The Morgan fingerprint density at radius 2 is 1.56 bits per heavy atom. The summed E-state index contributed by atoms with van der Waals surface area (Å²) in [6.45, 7) is 9.38. The SMILES string of the molecule is CC(C)C1CC[C@@H](C)CC1C1C(=O)NC(=O)N1CC(=O)c1ccccc1.CN1C(=O)N(CC2(c3ccccc3)OCCO2)C(=O)C1(C)CC1CCC1. The number of likely N-dealkylation sites (N-methyl/N-ethyl adjacent to an activating group) is 1. The monoisotopic (exact) mass is 714 g/mol. The van der Waals surface area contributed by atoms with Gasteiger partial charge in [0.15, 0.2) is 5.78 Å². The molecule has 3 aliphatic heterocycles. The number of nitrogens with one attached hydrogen (secondary N) is 1. The fourth-order valence-corrected chi connectivity index (χ4v) is 8.86. The molecule has 0 radical (unpaired) electrons. The van der Waals surface area contributed by atoms with Gasteiger partial charge in [-0.2, -0.15) is 0 Å². The quantitative estimate of drug-likeness (QED) is 0.229. The second-order valence-electron chi connectivity index (χ2n) is 16.0. The van der Waals surface area contributed by atoms with Gasteiger partial charge in [-0.3, -0.25) is 24.6 Å². The first-order valence-electron chi connectivity index (χ1n) is 19.0. The molecule has 11 nitrogen and oxygen atoms in total. The summed E-state index contributed by atoms with van der Waals surface area (Å²) in [6, 6.07) is 17.2. The van der Waals surface area contributed by atoms with Gasteiger partial charge in [-0.25, -0.2) is 9.59 Å². The molecule has 0 bridgehead atoms. The van der Waals surface area contributed by atoms with E-state index in [-0.39, 0.29) is 42.6 Å². The first-order valence-corrected chi connectivity index (χ1v) is 19.0. The van der Waals surface area contributed by atoms with Crippen molar-refractivity contribution in [1.82, 2.24) is 20.0 Å². The van der Waals surface area contributed by atoms with Gasteiger partial charge in [0.1, 0.15) is 11.6 Å². The number of hydrogen-bond donors (Lipinski definition) is 1. The minimum absolute atomic E-state index is 0.0536. The molecule has 11 heteroatoms. The second-order valence-corrected chi connectivity index (χ2v) is 16.0. The van der Waals surface area contributed by atoms with E-state index in [0.29, 0.717) is 42.4 Å². The highest BCUT2D eigenvalue weighted by Gasteiger charge is 2.56. The normalized spacial score (nSPS) is 28.9. The van der Waals surface area contributed by atoms with Crippen LogP contribution in [0.25, 0.3) is 0 Å². The Labute approximate surface area is 307 Å². The van der Waals surface area contributed by atoms with Gasteiger partial charge in [-0.15, -0.1) is 0 Å². The number of nitrogens with zero attached hydrogens (tertiary/aromatic N) is 3. The summed E-state index contributed by atoms with van der Waals surface area (Å²) in [5, 5.41) is 2.44. The number of ketones is 1. The summed E-state index contributed by atoms with van der Waals surface area (Å²) in [5.41, 5.74) is 0.614. The predicted molar refractivity (Wildman–Crippen MR) is 195 cm³/mol. The van der Waals surface area contributed by atoms with Crippen LogP contribution in [0.4, 0.5) is 9.59 Å². The highest BCUT2D eigenvalue weighted by Crippen LogP contribution is 2.43. The van der Waals surface area contributed by atoms with E-state index in [1.54, 1.807) is 36.2 Å². The summed E-state index contributed by atoms with van der Waals surface area (Å²) in [5.74, 6) is 0.400. The number of benzene rings is 2. The van der Waals surface area contributed by atoms with Gasteiger partial charge < -0.3 is 19.3 Å². The molecular weight excluding hydrogens is 660 g/mol. The lowest BCUT2D eigenvalue weighted by atomic mass is 9.67. The van der Waals surface area contributed by atoms with Crippen LogP contribution in [0.15, 0.2) is 60.7 Å². The molecule has 1 N–H and O–H groups in total. The highest BCUT2D eigenvalue weighted by atomic mass is 16.7. The summed E-state index contributed by atoms with van der Waals surface area (Å²) in [6.07, 6.45) is 7.38. The fraction of sp³-hybridized carbons (Fsp3) is 0.585. The first kappa shape index (κ1) is 37.7. The number of hydrogen-bond acceptors (Lipinski definition) is 7. The molecule has 2 aromatic carbocycles. The Hall–Kier alpha value is -4.09. The molecule has 2 saturated carbocycles. The zero-order valence-electron chi connectivity index (χ0n) is 31.2. The predicted octanol–water partition coefficient (Wildman–Crippen LogP) is 6.23. The van der Waals surface area contributed by atoms with Crippen LogP contribution in [-0.2, 0) is 24.8 Å². The van der Waals surface area contributed by atoms with Crippen molar-refractivity contribution in [2.45, 2.75) is 90.0 Å². The molecule has 5 fully saturated rings. The maximum atomic E-state index is 13.2. The molecule has 0 aromatic heterocycles. The molecule has 2 aliphatic carbocycles. The van der Waals surface area contributed by atoms with E-state index in [2.05, 4.69) is 26.1 Å². The Bertz CT molecular complexity index is 1620. The maximum absolute atomic E-state index is 13.2. The van der Waals surface area contributed by atoms with Crippen molar-refractivity contribution >= 4 is 29.7 Å². The number of ether oxygens (including phenoxy) is 2. The molecular formula is C41H54N4O7. The molecule has 5 aliphatic rings. The molecule has 0 spiro atoms. The van der Waals surface area contributed by atoms with E-state index >= 15 is 0 Å². The van der Waals surface area contributed by atoms with Crippen LogP contribution in [-0.4, -0.2) is 89.3 Å². The van der Waals surface area contributed by atoms with Crippen LogP contribution in [0.5, 0.6) is 0 Å². The number of imide groups is 2. The van der Waals surface area contributed by atoms with Gasteiger partial charge in [-0.05, 0) is 55.8 Å². The van der Waals surface area contributed by atoms with Gasteiger partial charge in [0.25, 0.3) is 11.8 Å². The molecule has 280 valence electrons. The third-order valence-electron chi connectivity index (χ3n) is 12.2. The third kappa shape index (κ3) is 7.39. The van der Waals surface area contributed by atoms with Gasteiger partial charge in [0.05, 0.1) is 26.3 Å². The largest absolute Gasteiger partial charge is 0.342 e. The average Bonchev–Trinajstić information content (AvgIpc) is 3.75. The number of amides is 6. The third-order valence-corrected chi connectivity index (χ3v) is 12.2. The standard InChI is InChI=1S/C21H28N2O3.C20H26N2O4/c1-13(2)16-10-9-14(3)11-17(16)19-20(25)22-21(26)23(19)12-18(24)15-7-5-4-6-8-15;1-19(13-15-7-6-8-15)17(23)22(18(24)21(19)2)14-20(25-11-12-26-20)16-9-4-3-5-10-16/h4-8,13-14,16-17,19H,9-12H2,1-3H3,(H,22,25,26);3-5,9-10,15H,6-8,11-14H2,1-2H3/t14-,16?,17?,19?;/m1./s1. The molecule has 4 unspecified atom stereocenters. The van der Waals surface area contributed by atoms with Crippen molar-refractivity contribution in [2.75, 3.05) is 33.4 Å². The van der Waals surface area contributed by atoms with Crippen molar-refractivity contribution in [3.8, 4) is 0 Å². The van der Waals surface area contributed by atoms with E-state index < -0.39 is 23.4 Å². The van der Waals surface area contributed by atoms with E-state index in [0.717, 1.165) is 44.1 Å². The molecule has 3 heterocycles. The zero-order valence-corrected chi connectivity index (χ0v) is 31.2. The number of rotatable bonds is 10. The fourth-order valence-electron chi connectivity index (χ4n) is 8.86. The molecule has 2 aromatic rings. The number of urea groups is 2. The van der Waals surface area contributed by atoms with Crippen molar-refractivity contribution in [1.29, 1.82) is 0 Å². The Kier molecular flexibility index (Phi) is 11.2. The van der Waals surface area contributed by atoms with Crippen molar-refractivity contribution < 1.29 is 33.4 Å². The molecule has 3 saturated heterocycles. The van der Waals surface area contributed by atoms with E-state index in [9.17, 15) is 24.0 Å². The molecule has 52 heavy (non-hydrogen) atoms. The van der Waals surface area contributed by atoms with Gasteiger partial charge in [0, 0.05) is 18.2 Å². The Morgan fingerprint density at radius 3 is 2.15 bits per heavy atom. The summed E-state index contributed by atoms with van der Waals surface area (Å²) in [4.78, 5) is 68.2. The van der Waals surface area contributed by atoms with Crippen LogP contribution in [0, 0.1) is 29.6 Å². The lowest BCUT2D eigenvalue weighted by Crippen LogP contribution is -2.48. The van der Waals surface area contributed by atoms with Crippen LogP contribution in [0.1, 0.15) is 88.6 Å². The van der Waals surface area contributed by atoms with Crippen LogP contribution < -0.4 is 5.32 Å². The van der Waals surface area contributed by atoms with E-state index in [1.807, 2.05) is 43.3 Å². The van der Waals surface area contributed by atoms with Crippen molar-refractivity contribution in [2.24, 2.45) is 29.6 Å². The minimum atomic E-state index is -1.07. The smallest absolute Gasteiger partial charge is 0.327 e. The lowest BCUT2D eigenvalue weighted by molar-refractivity contribution is -0.178. The Morgan fingerprint density at radius 1 is 0.923 bits per heavy atom. The molecule has 7 rings (SSSR count). The van der Waals surface area contributed by atoms with Crippen LogP contribution in [0.2, 0.25) is 0 Å². The van der Waals surface area contributed by atoms with E-state index in [4.69, 9.17) is 9.47 Å². The average molecular weight is 715 g/mol. The molecule has 6 amide bonds. The number of Topliss-reactive ketones (excluding diaryl/α,β-unsaturated/α-hetero) is 1. The van der Waals surface area contributed by atoms with Gasteiger partial charge in [-0.1, -0.05) is 107 Å². The molecule has 5 atom stereocenters. The van der Waals surface area contributed by atoms with Crippen LogP contribution in [0.3, 0.4) is 0 Å². The van der Waals surface area contributed by atoms with E-state index in [1.165, 1.54) is 16.2 Å². The van der Waals surface area contributed by atoms with Gasteiger partial charge in [0.2, 0.25) is 5.79 Å². The lowest BCUT2D eigenvalue weighted by Gasteiger charge is -2.41. The van der Waals surface area contributed by atoms with Gasteiger partial charge >= 0.3 is 12.1 Å². The zero-order chi connectivity index (χ0) is 37.2. The first-order chi connectivity index (χ1) is 24.8. The summed E-state index contributed by atoms with van der Waals surface area (Å²) < 4.78 is 11.8.